The van der Waals surface area contributed by atoms with Crippen molar-refractivity contribution < 1.29 is 14.3 Å². The van der Waals surface area contributed by atoms with Gasteiger partial charge in [-0.3, -0.25) is 14.5 Å². The molecule has 1 N–H and O–H groups in total. The van der Waals surface area contributed by atoms with Gasteiger partial charge in [0.2, 0.25) is 11.8 Å². The molecule has 1 atom stereocenters. The second-order valence-electron chi connectivity index (χ2n) is 9.27. The van der Waals surface area contributed by atoms with Gasteiger partial charge in [0.1, 0.15) is 6.33 Å². The quantitative estimate of drug-likeness (QED) is 0.496. The molecule has 178 valence electrons. The number of ether oxygens (including phenoxy) is 1. The second-order valence-corrected chi connectivity index (χ2v) is 11.3. The number of hydrogen-bond donors (Lipinski definition) is 1. The van der Waals surface area contributed by atoms with Gasteiger partial charge in [-0.15, -0.1) is 11.3 Å². The fraction of sp³-hybridized carbons (Fsp3) is 0.417. The van der Waals surface area contributed by atoms with Crippen molar-refractivity contribution in [3.8, 4) is 11.3 Å². The molecule has 34 heavy (non-hydrogen) atoms. The smallest absolute Gasteiger partial charge is 0.230 e. The molecule has 0 spiro atoms. The number of fused-ring (bicyclic) bond motifs is 1. The summed E-state index contributed by atoms with van der Waals surface area (Å²) in [5.41, 5.74) is 2.96. The van der Waals surface area contributed by atoms with Gasteiger partial charge in [0.15, 0.2) is 0 Å². The van der Waals surface area contributed by atoms with Gasteiger partial charge in [0.25, 0.3) is 0 Å². The number of rotatable bonds is 5. The number of carbonyl (C=O) groups is 2. The maximum absolute atomic E-state index is 12.1. The van der Waals surface area contributed by atoms with Crippen LogP contribution >= 0.6 is 34.5 Å². The lowest BCUT2D eigenvalue weighted by Gasteiger charge is -2.37. The van der Waals surface area contributed by atoms with Crippen LogP contribution in [0.4, 0.5) is 0 Å². The van der Waals surface area contributed by atoms with Crippen LogP contribution in [0.5, 0.6) is 0 Å². The van der Waals surface area contributed by atoms with Crippen molar-refractivity contribution in [3.05, 3.63) is 45.0 Å². The lowest BCUT2D eigenvalue weighted by molar-refractivity contribution is -0.138. The summed E-state index contributed by atoms with van der Waals surface area (Å²) in [5.74, 6) is -0.275. The summed E-state index contributed by atoms with van der Waals surface area (Å²) in [6, 6.07) is 5.53. The van der Waals surface area contributed by atoms with Crippen molar-refractivity contribution in [1.82, 2.24) is 20.2 Å². The number of amides is 2. The molecule has 2 fully saturated rings. The fourth-order valence-corrected chi connectivity index (χ4v) is 6.23. The first-order valence-corrected chi connectivity index (χ1v) is 12.7. The monoisotopic (exact) mass is 518 g/mol. The maximum Gasteiger partial charge on any atom is 0.230 e. The normalized spacial score (nSPS) is 20.5. The van der Waals surface area contributed by atoms with Crippen LogP contribution in [-0.2, 0) is 27.3 Å². The third-order valence-corrected chi connectivity index (χ3v) is 7.76. The summed E-state index contributed by atoms with van der Waals surface area (Å²) in [4.78, 5) is 35.4. The molecule has 2 amide bonds. The van der Waals surface area contributed by atoms with Crippen LogP contribution in [0.1, 0.15) is 37.1 Å². The van der Waals surface area contributed by atoms with Crippen molar-refractivity contribution >= 4 is 56.6 Å². The Morgan fingerprint density at radius 3 is 2.68 bits per heavy atom. The number of imide groups is 1. The van der Waals surface area contributed by atoms with E-state index in [0.717, 1.165) is 45.0 Å². The molecule has 2 saturated heterocycles. The molecule has 4 heterocycles. The van der Waals surface area contributed by atoms with Gasteiger partial charge >= 0.3 is 0 Å². The zero-order valence-electron chi connectivity index (χ0n) is 18.9. The first kappa shape index (κ1) is 23.6. The van der Waals surface area contributed by atoms with E-state index >= 15 is 0 Å². The number of nitrogens with one attached hydrogen (secondary N) is 1. The zero-order chi connectivity index (χ0) is 24.0. The van der Waals surface area contributed by atoms with Gasteiger partial charge in [-0.25, -0.2) is 9.97 Å². The Kier molecular flexibility index (Phi) is 6.37. The van der Waals surface area contributed by atoms with Crippen LogP contribution in [0.2, 0.25) is 10.0 Å². The van der Waals surface area contributed by atoms with Crippen LogP contribution in [0.25, 0.3) is 21.5 Å². The number of aromatic nitrogens is 2. The maximum atomic E-state index is 12.1. The van der Waals surface area contributed by atoms with E-state index in [9.17, 15) is 9.59 Å². The average molecular weight is 519 g/mol. The van der Waals surface area contributed by atoms with Crippen molar-refractivity contribution in [2.45, 2.75) is 51.4 Å². The number of halogens is 2. The Balaban J connectivity index is 1.53. The standard InChI is InChI=1S/C24H24Cl2N4O3S/c1-24(2)11-27-9-14(33-24)7-16-17(5-13(25)6-18(16)26)22-23-19(28-12-29-22)8-15(34-23)10-30-20(31)3-4-21(30)32/h5-6,8,12,14,27H,3-4,7,9-11H2,1-2H3/t14-/m0/s1. The number of benzene rings is 1. The summed E-state index contributed by atoms with van der Waals surface area (Å²) >= 11 is 14.6. The van der Waals surface area contributed by atoms with E-state index in [1.807, 2.05) is 12.1 Å². The topological polar surface area (TPSA) is 84.4 Å². The number of hydrogen-bond acceptors (Lipinski definition) is 7. The number of likely N-dealkylation sites (tertiary alicyclic amines) is 1. The molecule has 0 unspecified atom stereocenters. The molecule has 2 aliphatic rings. The number of morpholine rings is 1. The van der Waals surface area contributed by atoms with Crippen LogP contribution in [0, 0.1) is 0 Å². The number of nitrogens with zero attached hydrogens (tertiary/aromatic N) is 3. The SMILES string of the molecule is CC1(C)CNC[C@H](Cc2c(Cl)cc(Cl)cc2-c2ncnc3cc(CN4C(=O)CCC4=O)sc23)O1. The van der Waals surface area contributed by atoms with Crippen LogP contribution in [0.3, 0.4) is 0 Å². The molecular weight excluding hydrogens is 495 g/mol. The molecule has 0 aliphatic carbocycles. The van der Waals surface area contributed by atoms with Crippen molar-refractivity contribution in [2.75, 3.05) is 13.1 Å². The average Bonchev–Trinajstić information content (AvgIpc) is 3.32. The largest absolute Gasteiger partial charge is 0.369 e. The predicted octanol–water partition coefficient (Wildman–Crippen LogP) is 4.62. The zero-order valence-corrected chi connectivity index (χ0v) is 21.2. The minimum atomic E-state index is -0.267. The van der Waals surface area contributed by atoms with E-state index in [1.165, 1.54) is 22.6 Å². The van der Waals surface area contributed by atoms with E-state index in [4.69, 9.17) is 27.9 Å². The predicted molar refractivity (Wildman–Crippen MR) is 133 cm³/mol. The summed E-state index contributed by atoms with van der Waals surface area (Å²) in [6.45, 7) is 5.89. The Morgan fingerprint density at radius 2 is 1.94 bits per heavy atom. The summed E-state index contributed by atoms with van der Waals surface area (Å²) in [7, 11) is 0. The molecule has 10 heteroatoms. The second kappa shape index (κ2) is 9.17. The summed E-state index contributed by atoms with van der Waals surface area (Å²) in [5, 5.41) is 4.51. The molecule has 7 nitrogen and oxygen atoms in total. The van der Waals surface area contributed by atoms with Crippen LogP contribution in [0.15, 0.2) is 24.5 Å². The Hall–Kier alpha value is -2.10. The summed E-state index contributed by atoms with van der Waals surface area (Å²) in [6.07, 6.45) is 2.61. The lowest BCUT2D eigenvalue weighted by Crippen LogP contribution is -2.51. The van der Waals surface area contributed by atoms with Gasteiger partial charge in [-0.2, -0.15) is 0 Å². The number of thiophene rings is 1. The third-order valence-electron chi connectivity index (χ3n) is 6.09. The highest BCUT2D eigenvalue weighted by Crippen LogP contribution is 2.39. The Morgan fingerprint density at radius 1 is 1.18 bits per heavy atom. The van der Waals surface area contributed by atoms with Crippen molar-refractivity contribution in [2.24, 2.45) is 0 Å². The molecule has 3 aromatic rings. The third kappa shape index (κ3) is 4.70. The molecule has 5 rings (SSSR count). The first-order chi connectivity index (χ1) is 16.2. The molecule has 2 aliphatic heterocycles. The fourth-order valence-electron chi connectivity index (χ4n) is 4.56. The van der Waals surface area contributed by atoms with E-state index in [2.05, 4.69) is 29.1 Å². The van der Waals surface area contributed by atoms with Crippen LogP contribution in [-0.4, -0.2) is 51.5 Å². The minimum absolute atomic E-state index is 0.0513. The molecule has 2 aromatic heterocycles. The van der Waals surface area contributed by atoms with E-state index < -0.39 is 0 Å². The van der Waals surface area contributed by atoms with Crippen LogP contribution < -0.4 is 5.32 Å². The first-order valence-electron chi connectivity index (χ1n) is 11.1. The highest BCUT2D eigenvalue weighted by Gasteiger charge is 2.31. The molecule has 0 radical (unpaired) electrons. The molecule has 1 aromatic carbocycles. The van der Waals surface area contributed by atoms with Gasteiger partial charge < -0.3 is 10.1 Å². The van der Waals surface area contributed by atoms with E-state index in [0.29, 0.717) is 16.5 Å². The highest BCUT2D eigenvalue weighted by molar-refractivity contribution is 7.19. The lowest BCUT2D eigenvalue weighted by atomic mass is 9.96. The molecule has 0 bridgehead atoms. The highest BCUT2D eigenvalue weighted by atomic mass is 35.5. The summed E-state index contributed by atoms with van der Waals surface area (Å²) < 4.78 is 7.15. The van der Waals surface area contributed by atoms with Crippen molar-refractivity contribution in [1.29, 1.82) is 0 Å². The minimum Gasteiger partial charge on any atom is -0.369 e. The Labute approximate surface area is 211 Å². The Bertz CT molecular complexity index is 1280. The van der Waals surface area contributed by atoms with Gasteiger partial charge in [0, 0.05) is 52.8 Å². The molecular formula is C24H24Cl2N4O3S. The number of carbonyl (C=O) groups excluding carboxylic acids is 2. The van der Waals surface area contributed by atoms with Gasteiger partial charge in [-0.1, -0.05) is 23.2 Å². The molecule has 0 saturated carbocycles. The van der Waals surface area contributed by atoms with Gasteiger partial charge in [0.05, 0.1) is 34.2 Å². The van der Waals surface area contributed by atoms with E-state index in [-0.39, 0.29) is 42.9 Å². The van der Waals surface area contributed by atoms with Crippen molar-refractivity contribution in [3.63, 3.8) is 0 Å². The van der Waals surface area contributed by atoms with Gasteiger partial charge in [-0.05, 0) is 37.6 Å². The van der Waals surface area contributed by atoms with E-state index in [1.54, 1.807) is 6.07 Å².